The van der Waals surface area contributed by atoms with E-state index in [-0.39, 0.29) is 23.3 Å². The average Bonchev–Trinajstić information content (AvgIpc) is 2.74. The third-order valence-corrected chi connectivity index (χ3v) is 7.39. The van der Waals surface area contributed by atoms with Crippen molar-refractivity contribution in [2.75, 3.05) is 31.8 Å². The van der Waals surface area contributed by atoms with Crippen LogP contribution in [-0.2, 0) is 14.8 Å². The van der Waals surface area contributed by atoms with Gasteiger partial charge in [0.15, 0.2) is 0 Å². The Kier molecular flexibility index (Phi) is 6.64. The van der Waals surface area contributed by atoms with Gasteiger partial charge in [-0.25, -0.2) is 8.42 Å². The van der Waals surface area contributed by atoms with Crippen LogP contribution in [0.3, 0.4) is 0 Å². The van der Waals surface area contributed by atoms with Crippen molar-refractivity contribution in [2.45, 2.75) is 22.6 Å². The van der Waals surface area contributed by atoms with Crippen LogP contribution in [0.15, 0.2) is 58.3 Å². The minimum atomic E-state index is -3.64. The Morgan fingerprint density at radius 1 is 1.21 bits per heavy atom. The van der Waals surface area contributed by atoms with Crippen molar-refractivity contribution in [3.8, 4) is 5.75 Å². The first-order chi connectivity index (χ1) is 13.4. The Bertz CT molecular complexity index is 929. The number of carbonyl (C=O) groups is 1. The topological polar surface area (TPSA) is 75.7 Å². The fourth-order valence-electron chi connectivity index (χ4n) is 3.22. The van der Waals surface area contributed by atoms with E-state index in [0.29, 0.717) is 25.1 Å². The first-order valence-corrected chi connectivity index (χ1v) is 11.7. The number of sulfonamides is 1. The minimum absolute atomic E-state index is 0.145. The molecule has 1 aliphatic heterocycles. The lowest BCUT2D eigenvalue weighted by Gasteiger charge is -2.31. The van der Waals surface area contributed by atoms with E-state index in [2.05, 4.69) is 5.32 Å². The number of anilines is 1. The second-order valence-corrected chi connectivity index (χ2v) is 9.42. The van der Waals surface area contributed by atoms with Crippen molar-refractivity contribution >= 4 is 33.4 Å². The average molecular weight is 421 g/mol. The quantitative estimate of drug-likeness (QED) is 0.725. The van der Waals surface area contributed by atoms with Gasteiger partial charge in [-0.3, -0.25) is 4.79 Å². The number of nitrogens with zero attached hydrogens (tertiary/aromatic N) is 1. The predicted octanol–water partition coefficient (Wildman–Crippen LogP) is 3.46. The first kappa shape index (κ1) is 20.7. The van der Waals surface area contributed by atoms with E-state index >= 15 is 0 Å². The van der Waals surface area contributed by atoms with Gasteiger partial charge >= 0.3 is 0 Å². The van der Waals surface area contributed by atoms with Crippen LogP contribution in [0.25, 0.3) is 0 Å². The Labute approximate surface area is 170 Å². The molecule has 8 heteroatoms. The maximum atomic E-state index is 12.9. The Balaban J connectivity index is 1.70. The van der Waals surface area contributed by atoms with E-state index in [0.717, 1.165) is 10.6 Å². The molecule has 2 aromatic carbocycles. The summed E-state index contributed by atoms with van der Waals surface area (Å²) in [7, 11) is -2.11. The van der Waals surface area contributed by atoms with Gasteiger partial charge in [0, 0.05) is 23.7 Å². The van der Waals surface area contributed by atoms with Crippen LogP contribution in [0.2, 0.25) is 0 Å². The molecule has 0 bridgehead atoms. The van der Waals surface area contributed by atoms with Crippen molar-refractivity contribution in [1.82, 2.24) is 4.31 Å². The lowest BCUT2D eigenvalue weighted by atomic mass is 9.99. The SMILES string of the molecule is COc1ccc(S(=O)(=O)N2CCC[C@H](C(=O)Nc3cccc(SC)c3)C2)cc1. The lowest BCUT2D eigenvalue weighted by molar-refractivity contribution is -0.120. The van der Waals surface area contributed by atoms with Crippen molar-refractivity contribution in [2.24, 2.45) is 5.92 Å². The number of amides is 1. The van der Waals surface area contributed by atoms with Gasteiger partial charge < -0.3 is 10.1 Å². The Morgan fingerprint density at radius 3 is 2.64 bits per heavy atom. The monoisotopic (exact) mass is 420 g/mol. The highest BCUT2D eigenvalue weighted by Crippen LogP contribution is 2.26. The number of thioether (sulfide) groups is 1. The molecular weight excluding hydrogens is 396 g/mol. The molecule has 150 valence electrons. The summed E-state index contributed by atoms with van der Waals surface area (Å²) in [5.41, 5.74) is 0.729. The molecule has 3 rings (SSSR count). The van der Waals surface area contributed by atoms with Gasteiger partial charge in [-0.2, -0.15) is 4.31 Å². The van der Waals surface area contributed by atoms with E-state index < -0.39 is 10.0 Å². The number of nitrogens with one attached hydrogen (secondary N) is 1. The van der Waals surface area contributed by atoms with Crippen LogP contribution in [0, 0.1) is 5.92 Å². The molecule has 28 heavy (non-hydrogen) atoms. The molecular formula is C20H24N2O4S2. The summed E-state index contributed by atoms with van der Waals surface area (Å²) >= 11 is 1.60. The summed E-state index contributed by atoms with van der Waals surface area (Å²) in [6, 6.07) is 13.9. The zero-order valence-corrected chi connectivity index (χ0v) is 17.6. The molecule has 6 nitrogen and oxygen atoms in total. The number of hydrogen-bond acceptors (Lipinski definition) is 5. The minimum Gasteiger partial charge on any atom is -0.497 e. The third kappa shape index (κ3) is 4.68. The van der Waals surface area contributed by atoms with Crippen LogP contribution >= 0.6 is 11.8 Å². The molecule has 0 radical (unpaired) electrons. The summed E-state index contributed by atoms with van der Waals surface area (Å²) in [5.74, 6) is 0.0786. The maximum absolute atomic E-state index is 12.9. The van der Waals surface area contributed by atoms with Gasteiger partial charge in [0.2, 0.25) is 15.9 Å². The number of ether oxygens (including phenoxy) is 1. The smallest absolute Gasteiger partial charge is 0.243 e. The van der Waals surface area contributed by atoms with E-state index in [1.165, 1.54) is 23.5 Å². The first-order valence-electron chi connectivity index (χ1n) is 9.03. The summed E-state index contributed by atoms with van der Waals surface area (Å²) in [6.45, 7) is 0.600. The number of methoxy groups -OCH3 is 1. The van der Waals surface area contributed by atoms with E-state index in [9.17, 15) is 13.2 Å². The third-order valence-electron chi connectivity index (χ3n) is 4.79. The largest absolute Gasteiger partial charge is 0.497 e. The number of piperidine rings is 1. The van der Waals surface area contributed by atoms with Crippen LogP contribution in [0.5, 0.6) is 5.75 Å². The van der Waals surface area contributed by atoms with Crippen molar-refractivity contribution in [1.29, 1.82) is 0 Å². The molecule has 1 N–H and O–H groups in total. The zero-order valence-electron chi connectivity index (χ0n) is 15.9. The fraction of sp³-hybridized carbons (Fsp3) is 0.350. The Hall–Kier alpha value is -2.03. The molecule has 0 aromatic heterocycles. The molecule has 0 aliphatic carbocycles. The molecule has 1 amide bonds. The van der Waals surface area contributed by atoms with Gasteiger partial charge in [0.05, 0.1) is 17.9 Å². The zero-order chi connectivity index (χ0) is 20.1. The van der Waals surface area contributed by atoms with Crippen molar-refractivity contribution < 1.29 is 17.9 Å². The molecule has 0 spiro atoms. The lowest BCUT2D eigenvalue weighted by Crippen LogP contribution is -2.43. The molecule has 1 aliphatic rings. The van der Waals surface area contributed by atoms with Crippen LogP contribution in [-0.4, -0.2) is 45.1 Å². The molecule has 1 heterocycles. The van der Waals surface area contributed by atoms with E-state index in [1.807, 2.05) is 30.5 Å². The van der Waals surface area contributed by atoms with Gasteiger partial charge in [0.1, 0.15) is 5.75 Å². The molecule has 1 fully saturated rings. The van der Waals surface area contributed by atoms with Crippen LogP contribution in [0.4, 0.5) is 5.69 Å². The summed E-state index contributed by atoms with van der Waals surface area (Å²) in [5, 5.41) is 2.92. The summed E-state index contributed by atoms with van der Waals surface area (Å²) in [6.07, 6.45) is 3.30. The number of hydrogen-bond donors (Lipinski definition) is 1. The van der Waals surface area contributed by atoms with E-state index in [1.54, 1.807) is 23.9 Å². The summed E-state index contributed by atoms with van der Waals surface area (Å²) < 4.78 is 32.4. The highest BCUT2D eigenvalue weighted by molar-refractivity contribution is 7.98. The molecule has 0 unspecified atom stereocenters. The van der Waals surface area contributed by atoms with Crippen LogP contribution < -0.4 is 10.1 Å². The number of carbonyl (C=O) groups excluding carboxylic acids is 1. The van der Waals surface area contributed by atoms with Crippen molar-refractivity contribution in [3.63, 3.8) is 0 Å². The van der Waals surface area contributed by atoms with Gasteiger partial charge in [-0.1, -0.05) is 6.07 Å². The standard InChI is InChI=1S/C20H24N2O4S2/c1-26-17-8-10-19(11-9-17)28(24,25)22-12-4-5-15(14-22)20(23)21-16-6-3-7-18(13-16)27-2/h3,6-11,13,15H,4-5,12,14H2,1-2H3,(H,21,23)/t15-/m0/s1. The van der Waals surface area contributed by atoms with Gasteiger partial charge in [-0.15, -0.1) is 11.8 Å². The Morgan fingerprint density at radius 2 is 1.96 bits per heavy atom. The second kappa shape index (κ2) is 8.98. The molecule has 1 saturated heterocycles. The number of benzene rings is 2. The molecule has 2 aromatic rings. The van der Waals surface area contributed by atoms with Crippen molar-refractivity contribution in [3.05, 3.63) is 48.5 Å². The van der Waals surface area contributed by atoms with Gasteiger partial charge in [-0.05, 0) is 61.6 Å². The fourth-order valence-corrected chi connectivity index (χ4v) is 5.20. The highest BCUT2D eigenvalue weighted by atomic mass is 32.2. The number of rotatable bonds is 6. The summed E-state index contributed by atoms with van der Waals surface area (Å²) in [4.78, 5) is 14.0. The predicted molar refractivity (Wildman–Crippen MR) is 111 cm³/mol. The van der Waals surface area contributed by atoms with Crippen LogP contribution in [0.1, 0.15) is 12.8 Å². The second-order valence-electron chi connectivity index (χ2n) is 6.60. The van der Waals surface area contributed by atoms with E-state index in [4.69, 9.17) is 4.74 Å². The highest BCUT2D eigenvalue weighted by Gasteiger charge is 2.33. The maximum Gasteiger partial charge on any atom is 0.243 e. The molecule has 1 atom stereocenters. The van der Waals surface area contributed by atoms with Gasteiger partial charge in [0.25, 0.3) is 0 Å². The molecule has 0 saturated carbocycles. The normalized spacial score (nSPS) is 17.9.